The zero-order valence-electron chi connectivity index (χ0n) is 10.8. The minimum Gasteiger partial charge on any atom is -0.494 e. The van der Waals surface area contributed by atoms with Crippen molar-refractivity contribution in [1.82, 2.24) is 5.32 Å². The highest BCUT2D eigenvalue weighted by atomic mass is 35.5. The van der Waals surface area contributed by atoms with Gasteiger partial charge in [0.1, 0.15) is 0 Å². The lowest BCUT2D eigenvalue weighted by Crippen LogP contribution is -2.18. The van der Waals surface area contributed by atoms with Gasteiger partial charge in [0.2, 0.25) is 0 Å². The Kier molecular flexibility index (Phi) is 4.40. The molecule has 4 heteroatoms. The van der Waals surface area contributed by atoms with Crippen molar-refractivity contribution in [2.45, 2.75) is 6.04 Å². The van der Waals surface area contributed by atoms with Gasteiger partial charge in [0, 0.05) is 5.02 Å². The van der Waals surface area contributed by atoms with E-state index in [1.807, 2.05) is 37.4 Å². The van der Waals surface area contributed by atoms with Gasteiger partial charge in [0.05, 0.1) is 13.2 Å². The summed E-state index contributed by atoms with van der Waals surface area (Å²) < 4.78 is 18.7. The maximum absolute atomic E-state index is 13.8. The molecule has 1 N–H and O–H groups in total. The van der Waals surface area contributed by atoms with Gasteiger partial charge in [-0.3, -0.25) is 0 Å². The number of methoxy groups -OCH3 is 1. The molecular formula is C15H15ClFNO. The molecule has 0 saturated carbocycles. The first-order chi connectivity index (χ1) is 9.17. The summed E-state index contributed by atoms with van der Waals surface area (Å²) in [6, 6.07) is 12.3. The third kappa shape index (κ3) is 2.88. The summed E-state index contributed by atoms with van der Waals surface area (Å²) in [4.78, 5) is 0. The van der Waals surface area contributed by atoms with Crippen LogP contribution in [0.3, 0.4) is 0 Å². The number of ether oxygens (including phenoxy) is 1. The van der Waals surface area contributed by atoms with Crippen molar-refractivity contribution in [3.8, 4) is 5.75 Å². The molecule has 2 aromatic carbocycles. The first-order valence-corrected chi connectivity index (χ1v) is 6.30. The lowest BCUT2D eigenvalue weighted by molar-refractivity contribution is 0.386. The zero-order valence-corrected chi connectivity index (χ0v) is 11.5. The molecule has 1 unspecified atom stereocenters. The number of nitrogens with one attached hydrogen (secondary N) is 1. The van der Waals surface area contributed by atoms with Crippen molar-refractivity contribution < 1.29 is 9.13 Å². The molecule has 0 fully saturated rings. The van der Waals surface area contributed by atoms with Crippen LogP contribution < -0.4 is 10.1 Å². The largest absolute Gasteiger partial charge is 0.494 e. The maximum Gasteiger partial charge on any atom is 0.165 e. The third-order valence-electron chi connectivity index (χ3n) is 3.01. The van der Waals surface area contributed by atoms with Crippen LogP contribution in [0.4, 0.5) is 4.39 Å². The van der Waals surface area contributed by atoms with E-state index in [2.05, 4.69) is 5.32 Å². The van der Waals surface area contributed by atoms with Crippen LogP contribution in [0.25, 0.3) is 0 Å². The SMILES string of the molecule is CNC(c1ccc(OC)c(F)c1)c1ccccc1Cl. The first-order valence-electron chi connectivity index (χ1n) is 5.92. The summed E-state index contributed by atoms with van der Waals surface area (Å²) >= 11 is 6.19. The second-order valence-corrected chi connectivity index (χ2v) is 4.54. The fourth-order valence-corrected chi connectivity index (χ4v) is 2.32. The molecule has 0 spiro atoms. The predicted octanol–water partition coefficient (Wildman–Crippen LogP) is 3.80. The van der Waals surface area contributed by atoms with E-state index in [1.54, 1.807) is 6.07 Å². The average molecular weight is 280 g/mol. The van der Waals surface area contributed by atoms with Crippen LogP contribution >= 0.6 is 11.6 Å². The van der Waals surface area contributed by atoms with Gasteiger partial charge in [-0.05, 0) is 36.4 Å². The van der Waals surface area contributed by atoms with Crippen molar-refractivity contribution in [3.05, 3.63) is 64.4 Å². The van der Waals surface area contributed by atoms with Crippen LogP contribution in [0.1, 0.15) is 17.2 Å². The van der Waals surface area contributed by atoms with Gasteiger partial charge >= 0.3 is 0 Å². The van der Waals surface area contributed by atoms with Crippen LogP contribution in [0, 0.1) is 5.82 Å². The van der Waals surface area contributed by atoms with Gasteiger partial charge in [-0.1, -0.05) is 35.9 Å². The van der Waals surface area contributed by atoms with Gasteiger partial charge in [0.15, 0.2) is 11.6 Å². The molecule has 0 aromatic heterocycles. The minimum atomic E-state index is -0.382. The van der Waals surface area contributed by atoms with Crippen LogP contribution in [-0.2, 0) is 0 Å². The van der Waals surface area contributed by atoms with Gasteiger partial charge in [-0.25, -0.2) is 4.39 Å². The Balaban J connectivity index is 2.43. The molecule has 0 heterocycles. The van der Waals surface area contributed by atoms with E-state index >= 15 is 0 Å². The summed E-state index contributed by atoms with van der Waals surface area (Å²) in [6.45, 7) is 0. The molecule has 0 bridgehead atoms. The summed E-state index contributed by atoms with van der Waals surface area (Å²) in [7, 11) is 3.26. The van der Waals surface area contributed by atoms with Crippen LogP contribution in [-0.4, -0.2) is 14.2 Å². The van der Waals surface area contributed by atoms with Crippen molar-refractivity contribution in [3.63, 3.8) is 0 Å². The number of hydrogen-bond acceptors (Lipinski definition) is 2. The monoisotopic (exact) mass is 279 g/mol. The third-order valence-corrected chi connectivity index (χ3v) is 3.36. The highest BCUT2D eigenvalue weighted by molar-refractivity contribution is 6.31. The van der Waals surface area contributed by atoms with E-state index in [1.165, 1.54) is 13.2 Å². The second-order valence-electron chi connectivity index (χ2n) is 4.14. The Labute approximate surface area is 117 Å². The van der Waals surface area contributed by atoms with E-state index in [0.717, 1.165) is 11.1 Å². The quantitative estimate of drug-likeness (QED) is 0.919. The smallest absolute Gasteiger partial charge is 0.165 e. The minimum absolute atomic E-state index is 0.158. The molecule has 19 heavy (non-hydrogen) atoms. The Morgan fingerprint density at radius 2 is 1.95 bits per heavy atom. The van der Waals surface area contributed by atoms with Gasteiger partial charge in [0.25, 0.3) is 0 Å². The topological polar surface area (TPSA) is 21.3 Å². The number of halogens is 2. The lowest BCUT2D eigenvalue weighted by atomic mass is 9.98. The lowest BCUT2D eigenvalue weighted by Gasteiger charge is -2.19. The molecular weight excluding hydrogens is 265 g/mol. The Hall–Kier alpha value is -1.58. The van der Waals surface area contributed by atoms with Crippen molar-refractivity contribution >= 4 is 11.6 Å². The molecule has 2 rings (SSSR count). The van der Waals surface area contributed by atoms with Crippen molar-refractivity contribution in [2.75, 3.05) is 14.2 Å². The molecule has 2 nitrogen and oxygen atoms in total. The van der Waals surface area contributed by atoms with E-state index in [4.69, 9.17) is 16.3 Å². The summed E-state index contributed by atoms with van der Waals surface area (Å²) in [5.41, 5.74) is 1.71. The molecule has 0 amide bonds. The van der Waals surface area contributed by atoms with E-state index in [9.17, 15) is 4.39 Å². The molecule has 0 aliphatic heterocycles. The highest BCUT2D eigenvalue weighted by Gasteiger charge is 2.16. The Morgan fingerprint density at radius 3 is 2.53 bits per heavy atom. The molecule has 2 aromatic rings. The van der Waals surface area contributed by atoms with Crippen molar-refractivity contribution in [2.24, 2.45) is 0 Å². The number of benzene rings is 2. The first kappa shape index (κ1) is 13.8. The summed E-state index contributed by atoms with van der Waals surface area (Å²) in [6.07, 6.45) is 0. The summed E-state index contributed by atoms with van der Waals surface area (Å²) in [5, 5.41) is 3.80. The summed E-state index contributed by atoms with van der Waals surface area (Å²) in [5.74, 6) is -0.148. The van der Waals surface area contributed by atoms with Gasteiger partial charge in [-0.2, -0.15) is 0 Å². The van der Waals surface area contributed by atoms with E-state index in [0.29, 0.717) is 5.02 Å². The van der Waals surface area contributed by atoms with E-state index < -0.39 is 0 Å². The standard InChI is InChI=1S/C15H15ClFNO/c1-18-15(11-5-3-4-6-12(11)16)10-7-8-14(19-2)13(17)9-10/h3-9,15,18H,1-2H3. The Morgan fingerprint density at radius 1 is 1.21 bits per heavy atom. The maximum atomic E-state index is 13.8. The molecule has 0 aliphatic carbocycles. The fourth-order valence-electron chi connectivity index (χ4n) is 2.07. The Bertz CT molecular complexity index is 574. The molecule has 0 radical (unpaired) electrons. The van der Waals surface area contributed by atoms with Crippen LogP contribution in [0.2, 0.25) is 5.02 Å². The predicted molar refractivity (Wildman–Crippen MR) is 75.3 cm³/mol. The molecule has 0 aliphatic rings. The number of rotatable bonds is 4. The van der Waals surface area contributed by atoms with Gasteiger partial charge in [-0.15, -0.1) is 0 Å². The van der Waals surface area contributed by atoms with Crippen LogP contribution in [0.5, 0.6) is 5.75 Å². The van der Waals surface area contributed by atoms with Crippen molar-refractivity contribution in [1.29, 1.82) is 0 Å². The normalized spacial score (nSPS) is 12.2. The molecule has 1 atom stereocenters. The van der Waals surface area contributed by atoms with Crippen LogP contribution in [0.15, 0.2) is 42.5 Å². The zero-order chi connectivity index (χ0) is 13.8. The molecule has 100 valence electrons. The number of hydrogen-bond donors (Lipinski definition) is 1. The average Bonchev–Trinajstić information content (AvgIpc) is 2.42. The molecule has 0 saturated heterocycles. The second kappa shape index (κ2) is 6.04. The fraction of sp³-hybridized carbons (Fsp3) is 0.200. The van der Waals surface area contributed by atoms with Gasteiger partial charge < -0.3 is 10.1 Å². The highest BCUT2D eigenvalue weighted by Crippen LogP contribution is 2.30. The van der Waals surface area contributed by atoms with E-state index in [-0.39, 0.29) is 17.6 Å².